The first kappa shape index (κ1) is 15.4. The van der Waals surface area contributed by atoms with Gasteiger partial charge >= 0.3 is 0 Å². The van der Waals surface area contributed by atoms with Crippen molar-refractivity contribution >= 4 is 22.9 Å². The maximum absolute atomic E-state index is 12.2. The second kappa shape index (κ2) is 6.34. The lowest BCUT2D eigenvalue weighted by Gasteiger charge is -2.08. The Morgan fingerprint density at radius 1 is 1.17 bits per heavy atom. The van der Waals surface area contributed by atoms with Crippen molar-refractivity contribution in [1.29, 1.82) is 0 Å². The van der Waals surface area contributed by atoms with Crippen LogP contribution in [0.1, 0.15) is 22.6 Å². The SMILES string of the molecule is Cc1ccc(C)c(NC(=O)Cc2nnc(-c3sccc3C)o2)c1. The lowest BCUT2D eigenvalue weighted by atomic mass is 10.1. The predicted molar refractivity (Wildman–Crippen MR) is 90.6 cm³/mol. The van der Waals surface area contributed by atoms with E-state index in [1.165, 1.54) is 0 Å². The Morgan fingerprint density at radius 3 is 2.74 bits per heavy atom. The zero-order chi connectivity index (χ0) is 16.4. The Morgan fingerprint density at radius 2 is 2.00 bits per heavy atom. The van der Waals surface area contributed by atoms with Gasteiger partial charge < -0.3 is 9.73 Å². The standard InChI is InChI=1S/C17H17N3O2S/c1-10-4-5-11(2)13(8-10)18-14(21)9-15-19-20-17(22-15)16-12(3)6-7-23-16/h4-8H,9H2,1-3H3,(H,18,21). The summed E-state index contributed by atoms with van der Waals surface area (Å²) >= 11 is 1.54. The van der Waals surface area contributed by atoms with Gasteiger partial charge in [0, 0.05) is 5.69 Å². The molecule has 0 spiro atoms. The van der Waals surface area contributed by atoms with E-state index in [1.54, 1.807) is 11.3 Å². The van der Waals surface area contributed by atoms with Gasteiger partial charge in [0.25, 0.3) is 5.89 Å². The first-order chi connectivity index (χ1) is 11.0. The Bertz CT molecular complexity index is 851. The van der Waals surface area contributed by atoms with E-state index in [4.69, 9.17) is 4.42 Å². The molecular weight excluding hydrogens is 310 g/mol. The van der Waals surface area contributed by atoms with Crippen molar-refractivity contribution in [2.45, 2.75) is 27.2 Å². The Kier molecular flexibility index (Phi) is 4.25. The minimum atomic E-state index is -0.170. The van der Waals surface area contributed by atoms with Crippen molar-refractivity contribution in [2.24, 2.45) is 0 Å². The fourth-order valence-electron chi connectivity index (χ4n) is 2.21. The molecule has 118 valence electrons. The summed E-state index contributed by atoms with van der Waals surface area (Å²) in [7, 11) is 0. The lowest BCUT2D eigenvalue weighted by Crippen LogP contribution is -2.15. The van der Waals surface area contributed by atoms with Crippen LogP contribution in [0.4, 0.5) is 5.69 Å². The van der Waals surface area contributed by atoms with Crippen LogP contribution in [-0.4, -0.2) is 16.1 Å². The molecule has 0 fully saturated rings. The third kappa shape index (κ3) is 3.48. The van der Waals surface area contributed by atoms with Gasteiger partial charge in [-0.25, -0.2) is 0 Å². The number of benzene rings is 1. The normalized spacial score (nSPS) is 10.7. The number of carbonyl (C=O) groups is 1. The smallest absolute Gasteiger partial charge is 0.258 e. The molecule has 1 amide bonds. The molecule has 6 heteroatoms. The molecule has 0 saturated heterocycles. The van der Waals surface area contributed by atoms with Gasteiger partial charge in [0.15, 0.2) is 0 Å². The first-order valence-electron chi connectivity index (χ1n) is 7.27. The van der Waals surface area contributed by atoms with Gasteiger partial charge in [0.1, 0.15) is 6.42 Å². The van der Waals surface area contributed by atoms with Crippen molar-refractivity contribution < 1.29 is 9.21 Å². The van der Waals surface area contributed by atoms with Crippen molar-refractivity contribution in [1.82, 2.24) is 10.2 Å². The molecule has 2 aromatic heterocycles. The predicted octanol–water partition coefficient (Wildman–Crippen LogP) is 3.90. The fourth-order valence-corrected chi connectivity index (χ4v) is 3.06. The van der Waals surface area contributed by atoms with Crippen molar-refractivity contribution in [3.8, 4) is 10.8 Å². The van der Waals surface area contributed by atoms with E-state index in [2.05, 4.69) is 15.5 Å². The molecule has 0 radical (unpaired) electrons. The third-order valence-electron chi connectivity index (χ3n) is 3.50. The number of thiophene rings is 1. The zero-order valence-corrected chi connectivity index (χ0v) is 14.0. The second-order valence-corrected chi connectivity index (χ2v) is 6.39. The van der Waals surface area contributed by atoms with E-state index in [0.717, 1.165) is 27.3 Å². The van der Waals surface area contributed by atoms with Crippen LogP contribution in [-0.2, 0) is 11.2 Å². The van der Waals surface area contributed by atoms with Crippen LogP contribution >= 0.6 is 11.3 Å². The third-order valence-corrected chi connectivity index (χ3v) is 4.51. The molecule has 1 aromatic carbocycles. The second-order valence-electron chi connectivity index (χ2n) is 5.48. The molecule has 0 saturated carbocycles. The number of aryl methyl sites for hydroxylation is 3. The van der Waals surface area contributed by atoms with Crippen molar-refractivity contribution in [2.75, 3.05) is 5.32 Å². The van der Waals surface area contributed by atoms with Gasteiger partial charge in [0.2, 0.25) is 11.8 Å². The Hall–Kier alpha value is -2.47. The van der Waals surface area contributed by atoms with Crippen LogP contribution in [0, 0.1) is 20.8 Å². The number of hydrogen-bond acceptors (Lipinski definition) is 5. The number of nitrogens with zero attached hydrogens (tertiary/aromatic N) is 2. The highest BCUT2D eigenvalue weighted by Gasteiger charge is 2.15. The molecule has 0 aliphatic rings. The molecule has 0 unspecified atom stereocenters. The van der Waals surface area contributed by atoms with Gasteiger partial charge in [0.05, 0.1) is 4.88 Å². The monoisotopic (exact) mass is 327 g/mol. The summed E-state index contributed by atoms with van der Waals surface area (Å²) in [6.45, 7) is 5.94. The molecule has 23 heavy (non-hydrogen) atoms. The highest BCUT2D eigenvalue weighted by molar-refractivity contribution is 7.13. The fraction of sp³-hybridized carbons (Fsp3) is 0.235. The number of hydrogen-bond donors (Lipinski definition) is 1. The molecule has 0 bridgehead atoms. The molecule has 5 nitrogen and oxygen atoms in total. The Balaban J connectivity index is 1.70. The molecule has 2 heterocycles. The summed E-state index contributed by atoms with van der Waals surface area (Å²) in [4.78, 5) is 13.1. The maximum atomic E-state index is 12.2. The summed E-state index contributed by atoms with van der Waals surface area (Å²) in [5, 5.41) is 12.9. The van der Waals surface area contributed by atoms with Crippen LogP contribution in [0.15, 0.2) is 34.1 Å². The van der Waals surface area contributed by atoms with E-state index in [-0.39, 0.29) is 12.3 Å². The molecule has 0 aliphatic heterocycles. The largest absolute Gasteiger partial charge is 0.419 e. The Labute approximate surface area is 138 Å². The molecular formula is C17H17N3O2S. The van der Waals surface area contributed by atoms with Gasteiger partial charge in [-0.1, -0.05) is 12.1 Å². The van der Waals surface area contributed by atoms with E-state index in [9.17, 15) is 4.79 Å². The molecule has 0 aliphatic carbocycles. The van der Waals surface area contributed by atoms with E-state index >= 15 is 0 Å². The minimum absolute atomic E-state index is 0.0603. The number of rotatable bonds is 4. The zero-order valence-electron chi connectivity index (χ0n) is 13.2. The average Bonchev–Trinajstić information content (AvgIpc) is 3.11. The molecule has 3 aromatic rings. The highest BCUT2D eigenvalue weighted by atomic mass is 32.1. The van der Waals surface area contributed by atoms with Crippen molar-refractivity contribution in [3.05, 3.63) is 52.2 Å². The van der Waals surface area contributed by atoms with Crippen LogP contribution in [0.25, 0.3) is 10.8 Å². The van der Waals surface area contributed by atoms with E-state index < -0.39 is 0 Å². The lowest BCUT2D eigenvalue weighted by molar-refractivity contribution is -0.115. The summed E-state index contributed by atoms with van der Waals surface area (Å²) in [5.41, 5.74) is 4.01. The minimum Gasteiger partial charge on any atom is -0.419 e. The summed E-state index contributed by atoms with van der Waals surface area (Å²) in [5.74, 6) is 0.611. The van der Waals surface area contributed by atoms with Crippen LogP contribution < -0.4 is 5.32 Å². The molecule has 3 rings (SSSR count). The first-order valence-corrected chi connectivity index (χ1v) is 8.15. The van der Waals surface area contributed by atoms with Crippen LogP contribution in [0.3, 0.4) is 0 Å². The van der Waals surface area contributed by atoms with Gasteiger partial charge in [-0.15, -0.1) is 21.5 Å². The average molecular weight is 327 g/mol. The van der Waals surface area contributed by atoms with Gasteiger partial charge in [-0.05, 0) is 55.0 Å². The number of nitrogens with one attached hydrogen (secondary N) is 1. The van der Waals surface area contributed by atoms with Gasteiger partial charge in [-0.3, -0.25) is 4.79 Å². The summed E-state index contributed by atoms with van der Waals surface area (Å²) < 4.78 is 5.60. The molecule has 1 N–H and O–H groups in total. The highest BCUT2D eigenvalue weighted by Crippen LogP contribution is 2.27. The summed E-state index contributed by atoms with van der Waals surface area (Å²) in [6, 6.07) is 7.94. The van der Waals surface area contributed by atoms with Crippen LogP contribution in [0.5, 0.6) is 0 Å². The maximum Gasteiger partial charge on any atom is 0.258 e. The van der Waals surface area contributed by atoms with E-state index in [1.807, 2.05) is 50.4 Å². The topological polar surface area (TPSA) is 68.0 Å². The summed E-state index contributed by atoms with van der Waals surface area (Å²) in [6.07, 6.45) is 0.0603. The quantitative estimate of drug-likeness (QED) is 0.789. The van der Waals surface area contributed by atoms with Crippen LogP contribution in [0.2, 0.25) is 0 Å². The number of aromatic nitrogens is 2. The van der Waals surface area contributed by atoms with E-state index in [0.29, 0.717) is 11.8 Å². The van der Waals surface area contributed by atoms with Crippen molar-refractivity contribution in [3.63, 3.8) is 0 Å². The number of carbonyl (C=O) groups excluding carboxylic acids is 1. The van der Waals surface area contributed by atoms with Gasteiger partial charge in [-0.2, -0.15) is 0 Å². The molecule has 0 atom stereocenters. The number of anilines is 1. The number of amides is 1.